The molecule has 0 aromatic heterocycles. The van der Waals surface area contributed by atoms with Crippen LogP contribution in [0.3, 0.4) is 0 Å². The highest BCUT2D eigenvalue weighted by molar-refractivity contribution is 5.85. The summed E-state index contributed by atoms with van der Waals surface area (Å²) in [6.45, 7) is 4.06. The molecule has 0 heterocycles. The monoisotopic (exact) mass is 288 g/mol. The number of hydrogen-bond acceptors (Lipinski definition) is 4. The van der Waals surface area contributed by atoms with Crippen molar-refractivity contribution < 1.29 is 14.3 Å². The van der Waals surface area contributed by atoms with Gasteiger partial charge in [0.15, 0.2) is 6.61 Å². The quantitative estimate of drug-likeness (QED) is 0.829. The molecule has 0 radical (unpaired) electrons. The average Bonchev–Trinajstić information content (AvgIpc) is 2.33. The lowest BCUT2D eigenvalue weighted by atomic mass is 10.1. The minimum atomic E-state index is -0.425. The Labute approximate surface area is 119 Å². The molecule has 0 bridgehead atoms. The van der Waals surface area contributed by atoms with Crippen LogP contribution in [0.25, 0.3) is 0 Å². The Kier molecular flexibility index (Phi) is 7.26. The van der Waals surface area contributed by atoms with E-state index in [1.54, 1.807) is 25.3 Å². The molecule has 0 spiro atoms. The molecule has 0 aliphatic rings. The summed E-state index contributed by atoms with van der Waals surface area (Å²) in [5.41, 5.74) is 5.33. The van der Waals surface area contributed by atoms with Gasteiger partial charge >= 0.3 is 0 Å². The molecule has 0 aliphatic heterocycles. The Morgan fingerprint density at radius 2 is 2.00 bits per heavy atom. The number of hydrogen-bond donors (Lipinski definition) is 2. The zero-order chi connectivity index (χ0) is 13.6. The Morgan fingerprint density at radius 1 is 1.37 bits per heavy atom. The molecule has 1 aromatic carbocycles. The molecule has 0 saturated carbocycles. The van der Waals surface area contributed by atoms with Gasteiger partial charge in [-0.3, -0.25) is 4.79 Å². The van der Waals surface area contributed by atoms with E-state index in [4.69, 9.17) is 15.2 Å². The van der Waals surface area contributed by atoms with E-state index in [1.165, 1.54) is 0 Å². The van der Waals surface area contributed by atoms with Crippen LogP contribution in [0, 0.1) is 0 Å². The van der Waals surface area contributed by atoms with Crippen LogP contribution in [0.15, 0.2) is 24.3 Å². The number of ether oxygens (including phenoxy) is 2. The summed E-state index contributed by atoms with van der Waals surface area (Å²) in [7, 11) is 1.58. The molecule has 0 fully saturated rings. The normalized spacial score (nSPS) is 10.3. The van der Waals surface area contributed by atoms with Gasteiger partial charge in [0, 0.05) is 18.2 Å². The molecule has 0 atom stereocenters. The summed E-state index contributed by atoms with van der Waals surface area (Å²) in [6, 6.07) is 7.10. The molecule has 1 amide bonds. The number of carbonyl (C=O) groups is 1. The fourth-order valence-electron chi connectivity index (χ4n) is 1.22. The third-order valence-electron chi connectivity index (χ3n) is 2.15. The van der Waals surface area contributed by atoms with Gasteiger partial charge in [-0.15, -0.1) is 12.4 Å². The molecule has 3 N–H and O–H groups in total. The van der Waals surface area contributed by atoms with Crippen LogP contribution in [0.2, 0.25) is 0 Å². The third kappa shape index (κ3) is 7.54. The molecule has 6 heteroatoms. The number of benzene rings is 1. The number of carbonyl (C=O) groups excluding carboxylic acids is 1. The van der Waals surface area contributed by atoms with Crippen molar-refractivity contribution >= 4 is 18.3 Å². The van der Waals surface area contributed by atoms with Crippen LogP contribution in [0.5, 0.6) is 11.5 Å². The van der Waals surface area contributed by atoms with Crippen molar-refractivity contribution in [2.24, 2.45) is 5.73 Å². The van der Waals surface area contributed by atoms with Gasteiger partial charge in [-0.2, -0.15) is 0 Å². The lowest BCUT2D eigenvalue weighted by Crippen LogP contribution is -2.46. The van der Waals surface area contributed by atoms with Crippen molar-refractivity contribution in [3.05, 3.63) is 24.3 Å². The van der Waals surface area contributed by atoms with E-state index in [-0.39, 0.29) is 24.9 Å². The fourth-order valence-corrected chi connectivity index (χ4v) is 1.22. The molecule has 108 valence electrons. The first-order valence-electron chi connectivity index (χ1n) is 5.73. The predicted molar refractivity (Wildman–Crippen MR) is 77.0 cm³/mol. The first-order chi connectivity index (χ1) is 8.40. The first kappa shape index (κ1) is 17.5. The average molecular weight is 289 g/mol. The first-order valence-corrected chi connectivity index (χ1v) is 5.73. The molecule has 0 saturated heterocycles. The summed E-state index contributed by atoms with van der Waals surface area (Å²) >= 11 is 0. The molecule has 0 aliphatic carbocycles. The minimum Gasteiger partial charge on any atom is -0.497 e. The van der Waals surface area contributed by atoms with Crippen molar-refractivity contribution in [1.82, 2.24) is 5.32 Å². The Balaban J connectivity index is 0.00000324. The lowest BCUT2D eigenvalue weighted by Gasteiger charge is -2.18. The van der Waals surface area contributed by atoms with Crippen LogP contribution in [0.4, 0.5) is 0 Å². The van der Waals surface area contributed by atoms with E-state index in [2.05, 4.69) is 5.32 Å². The van der Waals surface area contributed by atoms with E-state index in [0.717, 1.165) is 0 Å². The van der Waals surface area contributed by atoms with Crippen LogP contribution in [-0.4, -0.2) is 31.7 Å². The zero-order valence-corrected chi connectivity index (χ0v) is 12.3. The second kappa shape index (κ2) is 7.86. The van der Waals surface area contributed by atoms with Crippen molar-refractivity contribution in [2.45, 2.75) is 19.4 Å². The van der Waals surface area contributed by atoms with Gasteiger partial charge < -0.3 is 20.5 Å². The van der Waals surface area contributed by atoms with Crippen molar-refractivity contribution in [3.63, 3.8) is 0 Å². The van der Waals surface area contributed by atoms with Crippen LogP contribution < -0.4 is 20.5 Å². The third-order valence-corrected chi connectivity index (χ3v) is 2.15. The molecular weight excluding hydrogens is 268 g/mol. The second-order valence-electron chi connectivity index (χ2n) is 4.73. The van der Waals surface area contributed by atoms with Gasteiger partial charge in [-0.1, -0.05) is 6.07 Å². The van der Waals surface area contributed by atoms with Crippen molar-refractivity contribution in [1.29, 1.82) is 0 Å². The predicted octanol–water partition coefficient (Wildman–Crippen LogP) is 1.35. The van der Waals surface area contributed by atoms with Crippen molar-refractivity contribution in [3.8, 4) is 11.5 Å². The molecular formula is C13H21ClN2O3. The number of amides is 1. The maximum Gasteiger partial charge on any atom is 0.258 e. The number of nitrogens with two attached hydrogens (primary N) is 1. The van der Waals surface area contributed by atoms with E-state index < -0.39 is 5.54 Å². The Bertz CT molecular complexity index is 405. The van der Waals surface area contributed by atoms with Crippen LogP contribution in [-0.2, 0) is 4.79 Å². The van der Waals surface area contributed by atoms with Crippen molar-refractivity contribution in [2.75, 3.05) is 20.3 Å². The lowest BCUT2D eigenvalue weighted by molar-refractivity contribution is -0.123. The van der Waals surface area contributed by atoms with Gasteiger partial charge in [0.2, 0.25) is 0 Å². The second-order valence-corrected chi connectivity index (χ2v) is 4.73. The highest BCUT2D eigenvalue weighted by Gasteiger charge is 2.12. The number of methoxy groups -OCH3 is 1. The number of nitrogens with one attached hydrogen (secondary N) is 1. The number of halogens is 1. The highest BCUT2D eigenvalue weighted by atomic mass is 35.5. The Hall–Kier alpha value is -1.46. The maximum absolute atomic E-state index is 11.5. The topological polar surface area (TPSA) is 73.6 Å². The summed E-state index contributed by atoms with van der Waals surface area (Å²) in [4.78, 5) is 11.5. The smallest absolute Gasteiger partial charge is 0.258 e. The fraction of sp³-hybridized carbons (Fsp3) is 0.462. The summed E-state index contributed by atoms with van der Waals surface area (Å²) < 4.78 is 10.4. The minimum absolute atomic E-state index is 0. The molecule has 19 heavy (non-hydrogen) atoms. The van der Waals surface area contributed by atoms with E-state index >= 15 is 0 Å². The SMILES string of the molecule is COc1cccc(OCC(=O)NCC(C)(C)N)c1.Cl. The Morgan fingerprint density at radius 3 is 2.58 bits per heavy atom. The van der Waals surface area contributed by atoms with E-state index in [9.17, 15) is 4.79 Å². The van der Waals surface area contributed by atoms with Gasteiger partial charge in [0.25, 0.3) is 5.91 Å². The van der Waals surface area contributed by atoms with Gasteiger partial charge in [0.1, 0.15) is 11.5 Å². The molecule has 1 aromatic rings. The maximum atomic E-state index is 11.5. The van der Waals surface area contributed by atoms with E-state index in [0.29, 0.717) is 18.0 Å². The van der Waals surface area contributed by atoms with Gasteiger partial charge in [-0.05, 0) is 26.0 Å². The standard InChI is InChI=1S/C13H20N2O3.ClH/c1-13(2,14)9-15-12(16)8-18-11-6-4-5-10(7-11)17-3;/h4-7H,8-9,14H2,1-3H3,(H,15,16);1H. The van der Waals surface area contributed by atoms with E-state index in [1.807, 2.05) is 19.9 Å². The molecule has 0 unspecified atom stereocenters. The van der Waals surface area contributed by atoms with Gasteiger partial charge in [0.05, 0.1) is 7.11 Å². The zero-order valence-electron chi connectivity index (χ0n) is 11.4. The molecule has 5 nitrogen and oxygen atoms in total. The van der Waals surface area contributed by atoms with Crippen LogP contribution >= 0.6 is 12.4 Å². The number of rotatable bonds is 6. The summed E-state index contributed by atoms with van der Waals surface area (Å²) in [5.74, 6) is 1.09. The summed E-state index contributed by atoms with van der Waals surface area (Å²) in [5, 5.41) is 2.70. The molecule has 1 rings (SSSR count). The highest BCUT2D eigenvalue weighted by Crippen LogP contribution is 2.18. The van der Waals surface area contributed by atoms with Gasteiger partial charge in [-0.25, -0.2) is 0 Å². The summed E-state index contributed by atoms with van der Waals surface area (Å²) in [6.07, 6.45) is 0. The largest absolute Gasteiger partial charge is 0.497 e. The van der Waals surface area contributed by atoms with Crippen LogP contribution in [0.1, 0.15) is 13.8 Å².